The van der Waals surface area contributed by atoms with Crippen LogP contribution >= 0.6 is 0 Å². The number of rotatable bonds is 13. The van der Waals surface area contributed by atoms with E-state index in [1.165, 1.54) is 0 Å². The first-order valence-electron chi connectivity index (χ1n) is 11.3. The zero-order valence-electron chi connectivity index (χ0n) is 20.0. The van der Waals surface area contributed by atoms with Gasteiger partial charge in [-0.1, -0.05) is 33.0 Å². The highest BCUT2D eigenvalue weighted by atomic mass is 28.3. The van der Waals surface area contributed by atoms with Gasteiger partial charge in [-0.05, 0) is 44.5 Å². The normalized spacial score (nSPS) is 12.4. The minimum Gasteiger partial charge on any atom is -0.466 e. The molecule has 2 rings (SSSR count). The smallest absolute Gasteiger partial charge is 0.334 e. The first-order valence-corrected chi connectivity index (χ1v) is 15.0. The topological polar surface area (TPSA) is 66.5 Å². The molecule has 0 unspecified atom stereocenters. The number of carbonyl (C=O) groups is 1. The van der Waals surface area contributed by atoms with E-state index < -0.39 is 8.07 Å². The van der Waals surface area contributed by atoms with Crippen LogP contribution in [0.15, 0.2) is 28.3 Å². The Hall–Kier alpha value is -2.12. The summed E-state index contributed by atoms with van der Waals surface area (Å²) in [5.41, 5.74) is 1.40. The number of carbonyl (C=O) groups excluding carboxylic acids is 1. The SMILES string of the molecule is CCCCc1ncc(/C=C(\Cc2ccc(C)o2)C(=O)OCC)n1COCC[Si](C)(C)C. The summed E-state index contributed by atoms with van der Waals surface area (Å²) in [6, 6.07) is 4.91. The third kappa shape index (κ3) is 8.49. The second-order valence-electron chi connectivity index (χ2n) is 9.06. The van der Waals surface area contributed by atoms with E-state index in [1.54, 1.807) is 0 Å². The fourth-order valence-corrected chi connectivity index (χ4v) is 3.87. The molecule has 2 aromatic rings. The van der Waals surface area contributed by atoms with Crippen molar-refractivity contribution in [3.05, 3.63) is 46.9 Å². The van der Waals surface area contributed by atoms with Gasteiger partial charge in [0.1, 0.15) is 24.1 Å². The van der Waals surface area contributed by atoms with E-state index in [1.807, 2.05) is 38.3 Å². The highest BCUT2D eigenvalue weighted by molar-refractivity contribution is 6.76. The third-order valence-electron chi connectivity index (χ3n) is 4.96. The second-order valence-corrected chi connectivity index (χ2v) is 14.7. The molecule has 0 atom stereocenters. The van der Waals surface area contributed by atoms with Crippen LogP contribution in [0.2, 0.25) is 25.7 Å². The molecule has 6 nitrogen and oxygen atoms in total. The van der Waals surface area contributed by atoms with Crippen LogP contribution in [0.3, 0.4) is 0 Å². The zero-order chi connectivity index (χ0) is 22.9. The average molecular weight is 447 g/mol. The summed E-state index contributed by atoms with van der Waals surface area (Å²) >= 11 is 0. The first-order chi connectivity index (χ1) is 14.7. The number of furan rings is 1. The van der Waals surface area contributed by atoms with Crippen LogP contribution in [0.1, 0.15) is 49.7 Å². The maximum absolute atomic E-state index is 12.6. The Balaban J connectivity index is 2.28. The maximum atomic E-state index is 12.6. The molecule has 0 spiro atoms. The molecule has 0 aliphatic carbocycles. The summed E-state index contributed by atoms with van der Waals surface area (Å²) < 4.78 is 19.1. The molecule has 0 aromatic carbocycles. The maximum Gasteiger partial charge on any atom is 0.334 e. The van der Waals surface area contributed by atoms with Gasteiger partial charge in [-0.3, -0.25) is 0 Å². The third-order valence-corrected chi connectivity index (χ3v) is 6.66. The van der Waals surface area contributed by atoms with Crippen LogP contribution in [0.25, 0.3) is 6.08 Å². The summed E-state index contributed by atoms with van der Waals surface area (Å²) in [6.07, 6.45) is 7.10. The molecule has 0 saturated heterocycles. The summed E-state index contributed by atoms with van der Waals surface area (Å²) in [5, 5.41) is 0. The summed E-state index contributed by atoms with van der Waals surface area (Å²) in [7, 11) is -1.15. The molecule has 2 aromatic heterocycles. The van der Waals surface area contributed by atoms with E-state index in [2.05, 4.69) is 36.1 Å². The molecular formula is C24H38N2O4Si. The molecule has 0 N–H and O–H groups in total. The number of unbranched alkanes of at least 4 members (excludes halogenated alkanes) is 1. The van der Waals surface area contributed by atoms with E-state index in [0.717, 1.165) is 55.0 Å². The van der Waals surface area contributed by atoms with Gasteiger partial charge in [0.05, 0.1) is 18.5 Å². The summed E-state index contributed by atoms with van der Waals surface area (Å²) in [5.74, 6) is 2.21. The number of nitrogens with zero attached hydrogens (tertiary/aromatic N) is 2. The number of imidazole rings is 1. The van der Waals surface area contributed by atoms with Crippen molar-refractivity contribution >= 4 is 20.1 Å². The van der Waals surface area contributed by atoms with Crippen molar-refractivity contribution in [2.75, 3.05) is 13.2 Å². The van der Waals surface area contributed by atoms with Crippen molar-refractivity contribution in [3.8, 4) is 0 Å². The molecule has 0 aliphatic heterocycles. The number of esters is 1. The molecule has 172 valence electrons. The number of aryl methyl sites for hydroxylation is 2. The highest BCUT2D eigenvalue weighted by Crippen LogP contribution is 2.19. The summed E-state index contributed by atoms with van der Waals surface area (Å²) in [6.45, 7) is 14.4. The Morgan fingerprint density at radius 2 is 2.03 bits per heavy atom. The Morgan fingerprint density at radius 3 is 2.65 bits per heavy atom. The number of hydrogen-bond acceptors (Lipinski definition) is 5. The van der Waals surface area contributed by atoms with Crippen LogP contribution < -0.4 is 0 Å². The molecule has 0 saturated carbocycles. The van der Waals surface area contributed by atoms with Gasteiger partial charge in [0.25, 0.3) is 0 Å². The largest absolute Gasteiger partial charge is 0.466 e. The lowest BCUT2D eigenvalue weighted by molar-refractivity contribution is -0.138. The van der Waals surface area contributed by atoms with Gasteiger partial charge in [0.2, 0.25) is 0 Å². The monoisotopic (exact) mass is 446 g/mol. The Morgan fingerprint density at radius 1 is 1.26 bits per heavy atom. The van der Waals surface area contributed by atoms with Crippen LogP contribution in [0.4, 0.5) is 0 Å². The van der Waals surface area contributed by atoms with Crippen LogP contribution in [-0.4, -0.2) is 36.8 Å². The van der Waals surface area contributed by atoms with E-state index in [4.69, 9.17) is 13.9 Å². The second kappa shape index (κ2) is 12.1. The van der Waals surface area contributed by atoms with E-state index >= 15 is 0 Å². The van der Waals surface area contributed by atoms with E-state index in [-0.39, 0.29) is 5.97 Å². The zero-order valence-corrected chi connectivity index (χ0v) is 21.0. The van der Waals surface area contributed by atoms with Gasteiger partial charge in [0, 0.05) is 33.1 Å². The predicted molar refractivity (Wildman–Crippen MR) is 127 cm³/mol. The molecule has 2 heterocycles. The number of aromatic nitrogens is 2. The van der Waals surface area contributed by atoms with Crippen molar-refractivity contribution in [1.82, 2.24) is 9.55 Å². The van der Waals surface area contributed by atoms with E-state index in [9.17, 15) is 4.79 Å². The molecule has 0 fully saturated rings. The molecule has 0 bridgehead atoms. The van der Waals surface area contributed by atoms with Gasteiger partial charge in [-0.15, -0.1) is 0 Å². The van der Waals surface area contributed by atoms with Gasteiger partial charge >= 0.3 is 5.97 Å². The molecule has 7 heteroatoms. The van der Waals surface area contributed by atoms with Gasteiger partial charge in [-0.25, -0.2) is 9.78 Å². The predicted octanol–water partition coefficient (Wildman–Crippen LogP) is 5.63. The Labute approximate surface area is 187 Å². The minimum absolute atomic E-state index is 0.328. The lowest BCUT2D eigenvalue weighted by atomic mass is 10.1. The van der Waals surface area contributed by atoms with Crippen molar-refractivity contribution in [2.45, 2.75) is 78.9 Å². The standard InChI is InChI=1S/C24H38N2O4Si/c1-7-9-10-23-25-17-21(26(23)18-28-13-14-31(4,5)6)15-20(24(27)29-8-2)16-22-12-11-19(3)30-22/h11-12,15,17H,7-10,13-14,16,18H2,1-6H3/b20-15+. The fraction of sp³-hybridized carbons (Fsp3) is 0.583. The lowest BCUT2D eigenvalue weighted by Gasteiger charge is -2.17. The van der Waals surface area contributed by atoms with Crippen molar-refractivity contribution in [1.29, 1.82) is 0 Å². The lowest BCUT2D eigenvalue weighted by Crippen LogP contribution is -2.22. The van der Waals surface area contributed by atoms with Gasteiger partial charge in [0.15, 0.2) is 0 Å². The van der Waals surface area contributed by atoms with Crippen LogP contribution in [0.5, 0.6) is 0 Å². The van der Waals surface area contributed by atoms with Crippen molar-refractivity contribution in [2.24, 2.45) is 0 Å². The average Bonchev–Trinajstić information content (AvgIpc) is 3.28. The quantitative estimate of drug-likeness (QED) is 0.173. The Bertz CT molecular complexity index is 861. The van der Waals surface area contributed by atoms with Gasteiger partial charge < -0.3 is 18.5 Å². The first kappa shape index (κ1) is 25.1. The van der Waals surface area contributed by atoms with Gasteiger partial charge in [-0.2, -0.15) is 0 Å². The minimum atomic E-state index is -1.15. The number of ether oxygens (including phenoxy) is 2. The molecular weight excluding hydrogens is 408 g/mol. The molecule has 31 heavy (non-hydrogen) atoms. The molecule has 0 amide bonds. The Kier molecular flexibility index (Phi) is 9.77. The van der Waals surface area contributed by atoms with Crippen LogP contribution in [0, 0.1) is 6.92 Å². The molecule has 0 aliphatic rings. The fourth-order valence-electron chi connectivity index (χ4n) is 3.11. The van der Waals surface area contributed by atoms with Crippen molar-refractivity contribution < 1.29 is 18.7 Å². The van der Waals surface area contributed by atoms with E-state index in [0.29, 0.717) is 25.3 Å². The number of hydrogen-bond donors (Lipinski definition) is 0. The summed E-state index contributed by atoms with van der Waals surface area (Å²) in [4.78, 5) is 17.3. The van der Waals surface area contributed by atoms with Crippen LogP contribution in [-0.2, 0) is 33.8 Å². The highest BCUT2D eigenvalue weighted by Gasteiger charge is 2.17. The molecule has 0 radical (unpaired) electrons. The van der Waals surface area contributed by atoms with Crippen molar-refractivity contribution in [3.63, 3.8) is 0 Å².